The van der Waals surface area contributed by atoms with Crippen molar-refractivity contribution >= 4 is 5.97 Å². The van der Waals surface area contributed by atoms with E-state index in [0.29, 0.717) is 12.6 Å². The first kappa shape index (κ1) is 10.7. The van der Waals surface area contributed by atoms with Gasteiger partial charge >= 0.3 is 5.97 Å². The fraction of sp³-hybridized carbons (Fsp3) is 0.750. The Morgan fingerprint density at radius 1 is 1.60 bits per heavy atom. The minimum absolute atomic E-state index is 0.00782. The number of rotatable bonds is 2. The average Bonchev–Trinajstić information content (AvgIpc) is 2.53. The molecule has 0 bridgehead atoms. The number of hydrogen-bond acceptors (Lipinski definition) is 3. The molecular weight excluding hydrogens is 190 g/mol. The van der Waals surface area contributed by atoms with Crippen LogP contribution < -0.4 is 5.32 Å². The normalized spacial score (nSPS) is 34.6. The van der Waals surface area contributed by atoms with Crippen LogP contribution in [0.25, 0.3) is 0 Å². The van der Waals surface area contributed by atoms with Crippen molar-refractivity contribution in [2.45, 2.75) is 38.6 Å². The Kier molecular flexibility index (Phi) is 3.10. The third kappa shape index (κ3) is 1.81. The van der Waals surface area contributed by atoms with Crippen LogP contribution in [-0.2, 0) is 9.53 Å². The lowest BCUT2D eigenvalue weighted by atomic mass is 9.79. The van der Waals surface area contributed by atoms with Gasteiger partial charge in [0, 0.05) is 12.6 Å². The van der Waals surface area contributed by atoms with Gasteiger partial charge in [0.25, 0.3) is 0 Å². The van der Waals surface area contributed by atoms with E-state index in [2.05, 4.69) is 17.5 Å². The van der Waals surface area contributed by atoms with Gasteiger partial charge in [-0.25, -0.2) is 0 Å². The summed E-state index contributed by atoms with van der Waals surface area (Å²) in [6, 6.07) is 0.312. The van der Waals surface area contributed by atoms with Crippen molar-refractivity contribution in [2.75, 3.05) is 13.2 Å². The van der Waals surface area contributed by atoms with E-state index in [1.54, 1.807) is 0 Å². The highest BCUT2D eigenvalue weighted by Crippen LogP contribution is 2.43. The molecule has 3 heteroatoms. The second kappa shape index (κ2) is 4.35. The SMILES string of the molecule is CCOC(=O)[C@@]12CC=CCN[C@@H]1CCC2. The van der Waals surface area contributed by atoms with Crippen LogP contribution in [0.5, 0.6) is 0 Å². The molecule has 0 amide bonds. The molecule has 2 rings (SSSR count). The van der Waals surface area contributed by atoms with E-state index < -0.39 is 0 Å². The molecule has 1 saturated carbocycles. The van der Waals surface area contributed by atoms with Crippen LogP contribution in [0.2, 0.25) is 0 Å². The summed E-state index contributed by atoms with van der Waals surface area (Å²) in [4.78, 5) is 12.1. The van der Waals surface area contributed by atoms with Crippen molar-refractivity contribution in [2.24, 2.45) is 5.41 Å². The smallest absolute Gasteiger partial charge is 0.313 e. The first-order valence-electron chi connectivity index (χ1n) is 5.85. The van der Waals surface area contributed by atoms with Crippen LogP contribution >= 0.6 is 0 Å². The Bertz CT molecular complexity index is 275. The molecule has 1 aliphatic heterocycles. The zero-order valence-electron chi connectivity index (χ0n) is 9.29. The molecule has 0 unspecified atom stereocenters. The minimum atomic E-state index is -0.275. The summed E-state index contributed by atoms with van der Waals surface area (Å²) in [6.07, 6.45) is 8.26. The van der Waals surface area contributed by atoms with E-state index in [1.807, 2.05) is 6.92 Å². The number of nitrogens with one attached hydrogen (secondary N) is 1. The van der Waals surface area contributed by atoms with Crippen LogP contribution in [-0.4, -0.2) is 25.2 Å². The number of fused-ring (bicyclic) bond motifs is 1. The molecule has 2 aliphatic rings. The quantitative estimate of drug-likeness (QED) is 0.555. The molecule has 0 aromatic rings. The molecule has 84 valence electrons. The lowest BCUT2D eigenvalue weighted by Gasteiger charge is -2.31. The number of carbonyl (C=O) groups is 1. The molecule has 0 radical (unpaired) electrons. The van der Waals surface area contributed by atoms with E-state index in [-0.39, 0.29) is 11.4 Å². The Morgan fingerprint density at radius 2 is 2.47 bits per heavy atom. The zero-order valence-corrected chi connectivity index (χ0v) is 9.29. The van der Waals surface area contributed by atoms with Gasteiger partial charge < -0.3 is 10.1 Å². The van der Waals surface area contributed by atoms with Crippen molar-refractivity contribution in [1.29, 1.82) is 0 Å². The maximum absolute atomic E-state index is 12.1. The summed E-state index contributed by atoms with van der Waals surface area (Å²) in [5.74, 6) is -0.00782. The monoisotopic (exact) mass is 209 g/mol. The van der Waals surface area contributed by atoms with Crippen LogP contribution in [0, 0.1) is 5.41 Å². The third-order valence-electron chi connectivity index (χ3n) is 3.60. The Morgan fingerprint density at radius 3 is 3.27 bits per heavy atom. The second-order valence-electron chi connectivity index (χ2n) is 4.41. The lowest BCUT2D eigenvalue weighted by Crippen LogP contribution is -2.46. The second-order valence-corrected chi connectivity index (χ2v) is 4.41. The van der Waals surface area contributed by atoms with E-state index in [4.69, 9.17) is 4.74 Å². The van der Waals surface area contributed by atoms with Gasteiger partial charge in [-0.3, -0.25) is 4.79 Å². The lowest BCUT2D eigenvalue weighted by molar-refractivity contribution is -0.156. The third-order valence-corrected chi connectivity index (χ3v) is 3.60. The van der Waals surface area contributed by atoms with Gasteiger partial charge in [0.15, 0.2) is 0 Å². The molecule has 3 nitrogen and oxygen atoms in total. The molecule has 0 spiro atoms. The highest BCUT2D eigenvalue weighted by atomic mass is 16.5. The largest absolute Gasteiger partial charge is 0.466 e. The number of allylic oxidation sites excluding steroid dienone is 1. The molecule has 2 atom stereocenters. The standard InChI is InChI=1S/C12H19NO2/c1-2-15-11(14)12-7-3-4-9-13-10(12)6-5-8-12/h3-4,10,13H,2,5-9H2,1H3/t10-,12-/m1/s1. The Hall–Kier alpha value is -0.830. The first-order valence-corrected chi connectivity index (χ1v) is 5.85. The maximum atomic E-state index is 12.1. The van der Waals surface area contributed by atoms with Crippen LogP contribution in [0.15, 0.2) is 12.2 Å². The van der Waals surface area contributed by atoms with Gasteiger partial charge in [-0.1, -0.05) is 18.6 Å². The fourth-order valence-corrected chi connectivity index (χ4v) is 2.80. The molecule has 1 fully saturated rings. The van der Waals surface area contributed by atoms with Crippen molar-refractivity contribution < 1.29 is 9.53 Å². The fourth-order valence-electron chi connectivity index (χ4n) is 2.80. The molecule has 1 aliphatic carbocycles. The van der Waals surface area contributed by atoms with Crippen molar-refractivity contribution in [1.82, 2.24) is 5.32 Å². The van der Waals surface area contributed by atoms with Gasteiger partial charge in [-0.15, -0.1) is 0 Å². The maximum Gasteiger partial charge on any atom is 0.313 e. The summed E-state index contributed by atoms with van der Waals surface area (Å²) in [5, 5.41) is 3.44. The van der Waals surface area contributed by atoms with E-state index >= 15 is 0 Å². The van der Waals surface area contributed by atoms with Crippen molar-refractivity contribution in [3.05, 3.63) is 12.2 Å². The number of hydrogen-bond donors (Lipinski definition) is 1. The Balaban J connectivity index is 2.19. The molecule has 0 aromatic heterocycles. The highest BCUT2D eigenvalue weighted by Gasteiger charge is 2.49. The molecule has 1 heterocycles. The Labute approximate surface area is 90.9 Å². The number of ether oxygens (including phenoxy) is 1. The molecule has 15 heavy (non-hydrogen) atoms. The predicted molar refractivity (Wildman–Crippen MR) is 58.5 cm³/mol. The van der Waals surface area contributed by atoms with E-state index in [9.17, 15) is 4.79 Å². The highest BCUT2D eigenvalue weighted by molar-refractivity contribution is 5.78. The van der Waals surface area contributed by atoms with Gasteiger partial charge in [-0.05, 0) is 26.2 Å². The summed E-state index contributed by atoms with van der Waals surface area (Å²) in [7, 11) is 0. The number of esters is 1. The van der Waals surface area contributed by atoms with Crippen LogP contribution in [0.4, 0.5) is 0 Å². The average molecular weight is 209 g/mol. The van der Waals surface area contributed by atoms with Gasteiger partial charge in [0.1, 0.15) is 0 Å². The van der Waals surface area contributed by atoms with E-state index in [0.717, 1.165) is 32.2 Å². The zero-order chi connectivity index (χ0) is 10.7. The van der Waals surface area contributed by atoms with E-state index in [1.165, 1.54) is 0 Å². The molecule has 0 aromatic carbocycles. The molecule has 1 N–H and O–H groups in total. The predicted octanol–water partition coefficient (Wildman–Crippen LogP) is 1.64. The summed E-state index contributed by atoms with van der Waals surface area (Å²) < 4.78 is 5.23. The summed E-state index contributed by atoms with van der Waals surface area (Å²) in [6.45, 7) is 3.24. The van der Waals surface area contributed by atoms with Gasteiger partial charge in [0.2, 0.25) is 0 Å². The van der Waals surface area contributed by atoms with Crippen LogP contribution in [0.1, 0.15) is 32.6 Å². The van der Waals surface area contributed by atoms with Crippen molar-refractivity contribution in [3.63, 3.8) is 0 Å². The first-order chi connectivity index (χ1) is 7.29. The van der Waals surface area contributed by atoms with Crippen LogP contribution in [0.3, 0.4) is 0 Å². The van der Waals surface area contributed by atoms with Gasteiger partial charge in [-0.2, -0.15) is 0 Å². The molecule has 0 saturated heterocycles. The summed E-state index contributed by atoms with van der Waals surface area (Å²) in [5.41, 5.74) is -0.275. The minimum Gasteiger partial charge on any atom is -0.466 e. The summed E-state index contributed by atoms with van der Waals surface area (Å²) >= 11 is 0. The molecular formula is C12H19NO2. The van der Waals surface area contributed by atoms with Crippen molar-refractivity contribution in [3.8, 4) is 0 Å². The topological polar surface area (TPSA) is 38.3 Å². The van der Waals surface area contributed by atoms with Gasteiger partial charge in [0.05, 0.1) is 12.0 Å². The number of carbonyl (C=O) groups excluding carboxylic acids is 1.